The minimum atomic E-state index is -4.69. The third-order valence-corrected chi connectivity index (χ3v) is 10.1. The molecule has 0 atom stereocenters. The summed E-state index contributed by atoms with van der Waals surface area (Å²) < 4.78 is 106. The minimum absolute atomic E-state index is 0.0478. The number of benzene rings is 1. The lowest BCUT2D eigenvalue weighted by Crippen LogP contribution is -2.36. The fourth-order valence-electron chi connectivity index (χ4n) is 4.38. The van der Waals surface area contributed by atoms with Crippen LogP contribution in [0.2, 0.25) is 10.2 Å². The number of carboxylic acid groups (broad SMARTS) is 2. The summed E-state index contributed by atoms with van der Waals surface area (Å²) in [6.07, 6.45) is -5.74. The zero-order valence-corrected chi connectivity index (χ0v) is 37.1. The van der Waals surface area contributed by atoms with Crippen LogP contribution < -0.4 is 24.8 Å². The molecule has 3 heterocycles. The van der Waals surface area contributed by atoms with E-state index < -0.39 is 98.4 Å². The Balaban J connectivity index is 0.000000352. The predicted molar refractivity (Wildman–Crippen MR) is 209 cm³/mol. The Kier molecular flexibility index (Phi) is 18.6. The second-order valence-electron chi connectivity index (χ2n) is 11.8. The van der Waals surface area contributed by atoms with Crippen molar-refractivity contribution in [3.05, 3.63) is 55.5 Å². The van der Waals surface area contributed by atoms with Crippen molar-refractivity contribution in [1.82, 2.24) is 39.6 Å². The summed E-state index contributed by atoms with van der Waals surface area (Å²) in [5.74, 6) is -4.73. The van der Waals surface area contributed by atoms with Crippen LogP contribution in [0.5, 0.6) is 11.8 Å². The molecule has 32 heteroatoms. The number of aromatic carboxylic acids is 1. The molecule has 342 valence electrons. The number of methoxy groups -OCH3 is 2. The van der Waals surface area contributed by atoms with E-state index in [0.29, 0.717) is 9.36 Å². The highest BCUT2D eigenvalue weighted by molar-refractivity contribution is 9.10. The number of hydrogen-bond donors (Lipinski definition) is 7. The average molecular weight is 1030 g/mol. The van der Waals surface area contributed by atoms with Gasteiger partial charge in [0.2, 0.25) is 17.7 Å². The van der Waals surface area contributed by atoms with Crippen LogP contribution in [0, 0.1) is 5.82 Å². The first kappa shape index (κ1) is 53.0. The van der Waals surface area contributed by atoms with E-state index in [-0.39, 0.29) is 39.6 Å². The van der Waals surface area contributed by atoms with Crippen molar-refractivity contribution in [3.8, 4) is 23.0 Å². The van der Waals surface area contributed by atoms with Crippen molar-refractivity contribution in [1.29, 1.82) is 0 Å². The molecule has 0 saturated carbocycles. The van der Waals surface area contributed by atoms with Gasteiger partial charge in [-0.05, 0) is 41.9 Å². The number of anilines is 1. The van der Waals surface area contributed by atoms with Crippen LogP contribution in [0.25, 0.3) is 11.3 Å². The molecule has 0 bridgehead atoms. The van der Waals surface area contributed by atoms with Gasteiger partial charge in [0, 0.05) is 19.7 Å². The molecule has 0 radical (unpaired) electrons. The van der Waals surface area contributed by atoms with Crippen LogP contribution in [0.1, 0.15) is 40.3 Å². The maximum absolute atomic E-state index is 14.3. The largest absolute Gasteiger partial charge is 0.481 e. The first-order chi connectivity index (χ1) is 28.4. The number of halogens is 7. The number of hydrogen-bond acceptors (Lipinski definition) is 15. The number of carbonyl (C=O) groups is 4. The van der Waals surface area contributed by atoms with Crippen LogP contribution in [-0.4, -0.2) is 115 Å². The Morgan fingerprint density at radius 3 is 2.00 bits per heavy atom. The van der Waals surface area contributed by atoms with Crippen LogP contribution in [0.3, 0.4) is 0 Å². The maximum atomic E-state index is 14.3. The van der Waals surface area contributed by atoms with Gasteiger partial charge in [-0.2, -0.15) is 41.8 Å². The number of amides is 2. The van der Waals surface area contributed by atoms with E-state index in [4.69, 9.17) is 57.4 Å². The lowest BCUT2D eigenvalue weighted by atomic mass is 10.1. The van der Waals surface area contributed by atoms with Gasteiger partial charge in [0.25, 0.3) is 10.0 Å². The number of esters is 1. The molecule has 4 rings (SSSR count). The maximum Gasteiger partial charge on any atom is 0.434 e. The number of aryl methyl sites for hydroxylation is 2. The Morgan fingerprint density at radius 1 is 0.984 bits per heavy atom. The number of aromatic nitrogens is 6. The molecule has 0 aliphatic heterocycles. The molecule has 0 unspecified atom stereocenters. The summed E-state index contributed by atoms with van der Waals surface area (Å²) in [7, 11) is -3.87. The van der Waals surface area contributed by atoms with Gasteiger partial charge < -0.3 is 34.2 Å². The molecule has 0 aliphatic rings. The zero-order chi connectivity index (χ0) is 47.7. The van der Waals surface area contributed by atoms with Gasteiger partial charge in [-0.1, -0.05) is 23.2 Å². The van der Waals surface area contributed by atoms with E-state index in [9.17, 15) is 49.7 Å². The standard InChI is InChI=1S/C15H12BrClF4N2O2.C12H13ClN6O7S.C3H8NO5P/c1-6(2)25-14(24)7-4-8(10(18)5-9(7)17)12-11(16)13(15(19,20)21)23(3)22-12;1-19-9(7(10(20)21)8(13)17-19)27(23,24)18-12(22)16-11-14-5(25-2)4-6(15-11)26-3;5-3(6)1-4-2-10(7,8)9/h4-6H,1-3H3;4H,1-3H3,(H,20,21)(H2,14,15,16,18,22);4H,1-2H2,(H,5,6)(H2,7,8,9). The first-order valence-corrected chi connectivity index (χ1v) is 21.0. The average Bonchev–Trinajstić information content (AvgIpc) is 3.60. The van der Waals surface area contributed by atoms with Crippen molar-refractivity contribution in [2.75, 3.05) is 32.4 Å². The molecule has 23 nitrogen and oxygen atoms in total. The molecule has 4 aromatic rings. The number of urea groups is 1. The highest BCUT2D eigenvalue weighted by Crippen LogP contribution is 2.41. The number of ether oxygens (including phenoxy) is 3. The molecule has 7 N–H and O–H groups in total. The van der Waals surface area contributed by atoms with Crippen molar-refractivity contribution in [3.63, 3.8) is 0 Å². The van der Waals surface area contributed by atoms with Gasteiger partial charge in [-0.25, -0.2) is 23.5 Å². The predicted octanol–water partition coefficient (Wildman–Crippen LogP) is 4.11. The molecule has 62 heavy (non-hydrogen) atoms. The van der Waals surface area contributed by atoms with Gasteiger partial charge in [0.15, 0.2) is 15.9 Å². The fourth-order valence-corrected chi connectivity index (χ4v) is 7.36. The van der Waals surface area contributed by atoms with Crippen LogP contribution in [0.4, 0.5) is 28.3 Å². The summed E-state index contributed by atoms with van der Waals surface area (Å²) in [6.45, 7) is 2.79. The van der Waals surface area contributed by atoms with Crippen molar-refractivity contribution < 1.29 is 83.9 Å². The molecule has 0 spiro atoms. The summed E-state index contributed by atoms with van der Waals surface area (Å²) in [4.78, 5) is 69.0. The first-order valence-electron chi connectivity index (χ1n) is 16.2. The van der Waals surface area contributed by atoms with Crippen molar-refractivity contribution in [2.45, 2.75) is 31.2 Å². The van der Waals surface area contributed by atoms with Crippen molar-refractivity contribution >= 4 is 86.6 Å². The number of nitrogens with zero attached hydrogens (tertiary/aromatic N) is 6. The molecule has 2 amide bonds. The number of alkyl halides is 3. The van der Waals surface area contributed by atoms with E-state index in [0.717, 1.165) is 26.2 Å². The SMILES string of the molecule is CC(C)OC(=O)c1cc(-c2nn(C)c(C(F)(F)F)c2Br)c(F)cc1Cl.COc1cc(OC)nc(NC(=O)NS(=O)(=O)c2c(C(=O)O)c(Cl)nn2C)n1.O=C(O)CNCP(=O)(O)O. The summed E-state index contributed by atoms with van der Waals surface area (Å²) in [5, 5.41) is 26.9. The second kappa shape index (κ2) is 21.8. The Bertz CT molecular complexity index is 2470. The molecule has 3 aromatic heterocycles. The molecule has 0 fully saturated rings. The fraction of sp³-hybridized carbons (Fsp3) is 0.333. The Labute approximate surface area is 365 Å². The number of carbonyl (C=O) groups excluding carboxylic acids is 2. The number of sulfonamides is 1. The Morgan fingerprint density at radius 2 is 1.55 bits per heavy atom. The Hall–Kier alpha value is -5.16. The van der Waals surface area contributed by atoms with Crippen molar-refractivity contribution in [2.24, 2.45) is 14.1 Å². The number of rotatable bonds is 13. The third-order valence-electron chi connectivity index (χ3n) is 6.70. The van der Waals surface area contributed by atoms with Crippen LogP contribution >= 0.6 is 46.7 Å². The van der Waals surface area contributed by atoms with Gasteiger partial charge >= 0.3 is 37.7 Å². The highest BCUT2D eigenvalue weighted by atomic mass is 79.9. The smallest absolute Gasteiger partial charge is 0.434 e. The normalized spacial score (nSPS) is 11.4. The van der Waals surface area contributed by atoms with E-state index >= 15 is 0 Å². The monoisotopic (exact) mass is 1030 g/mol. The van der Waals surface area contributed by atoms with Gasteiger partial charge in [-0.3, -0.25) is 29.4 Å². The van der Waals surface area contributed by atoms with Gasteiger partial charge in [-0.15, -0.1) is 0 Å². The summed E-state index contributed by atoms with van der Waals surface area (Å²) >= 11 is 14.3. The third kappa shape index (κ3) is 15.0. The molecule has 0 saturated heterocycles. The number of nitrogens with one attached hydrogen (secondary N) is 3. The quantitative estimate of drug-likeness (QED) is 0.0563. The van der Waals surface area contributed by atoms with Crippen LogP contribution in [-0.2, 0) is 44.4 Å². The molecular formula is C30H33BrCl2F4N9O14PS. The molecule has 1 aromatic carbocycles. The second-order valence-corrected chi connectivity index (χ2v) is 16.6. The van der Waals surface area contributed by atoms with E-state index in [2.05, 4.69) is 46.7 Å². The zero-order valence-electron chi connectivity index (χ0n) is 32.3. The topological polar surface area (TPSA) is 326 Å². The van der Waals surface area contributed by atoms with Gasteiger partial charge in [0.05, 0.1) is 54.3 Å². The summed E-state index contributed by atoms with van der Waals surface area (Å²) in [5.41, 5.74) is -2.64. The number of aliphatic carboxylic acids is 1. The van der Waals surface area contributed by atoms with E-state index in [1.165, 1.54) is 20.3 Å². The van der Waals surface area contributed by atoms with Gasteiger partial charge in [0.1, 0.15) is 17.1 Å². The number of carboxylic acids is 2. The lowest BCUT2D eigenvalue weighted by molar-refractivity contribution is -0.144. The lowest BCUT2D eigenvalue weighted by Gasteiger charge is -2.11. The van der Waals surface area contributed by atoms with Crippen LogP contribution in [0.15, 0.2) is 27.7 Å². The molecule has 0 aliphatic carbocycles. The molecular weight excluding hydrogens is 1000 g/mol. The summed E-state index contributed by atoms with van der Waals surface area (Å²) in [6, 6.07) is 1.92. The minimum Gasteiger partial charge on any atom is -0.481 e. The highest BCUT2D eigenvalue weighted by Gasteiger charge is 2.39. The van der Waals surface area contributed by atoms with E-state index in [1.54, 1.807) is 18.6 Å². The van der Waals surface area contributed by atoms with E-state index in [1.807, 2.05) is 0 Å².